The lowest BCUT2D eigenvalue weighted by Gasteiger charge is -2.31. The Morgan fingerprint density at radius 1 is 1.33 bits per heavy atom. The number of ether oxygens (including phenoxy) is 1. The molecule has 1 fully saturated rings. The second-order valence-corrected chi connectivity index (χ2v) is 5.30. The number of amides is 2. The second kappa shape index (κ2) is 7.52. The van der Waals surface area contributed by atoms with E-state index >= 15 is 0 Å². The molecule has 0 unspecified atom stereocenters. The van der Waals surface area contributed by atoms with Crippen LogP contribution in [-0.2, 0) is 4.74 Å². The second-order valence-electron chi connectivity index (χ2n) is 4.86. The van der Waals surface area contributed by atoms with Crippen molar-refractivity contribution in [3.8, 4) is 0 Å². The first kappa shape index (κ1) is 15.9. The molecule has 0 saturated carbocycles. The summed E-state index contributed by atoms with van der Waals surface area (Å²) in [7, 11) is 0. The van der Waals surface area contributed by atoms with Gasteiger partial charge in [-0.2, -0.15) is 0 Å². The molecule has 0 atom stereocenters. The van der Waals surface area contributed by atoms with Gasteiger partial charge >= 0.3 is 6.03 Å². The van der Waals surface area contributed by atoms with Crippen LogP contribution in [0.25, 0.3) is 0 Å². The number of morpholine rings is 1. The van der Waals surface area contributed by atoms with Gasteiger partial charge in [0.15, 0.2) is 0 Å². The molecule has 0 bridgehead atoms. The SMILES string of the molecule is CCN(CC)C(=O)Nc1cc(Cl)ccc1N1CCOCC1. The molecule has 1 saturated heterocycles. The number of hydrogen-bond donors (Lipinski definition) is 1. The molecule has 0 aliphatic carbocycles. The third-order valence-electron chi connectivity index (χ3n) is 3.60. The first-order chi connectivity index (χ1) is 10.2. The standard InChI is InChI=1S/C15H22ClN3O2/c1-3-18(4-2)15(20)17-13-11-12(16)5-6-14(13)19-7-9-21-10-8-19/h5-6,11H,3-4,7-10H2,1-2H3,(H,17,20). The lowest BCUT2D eigenvalue weighted by atomic mass is 10.2. The number of halogens is 1. The van der Waals surface area contributed by atoms with Crippen molar-refractivity contribution < 1.29 is 9.53 Å². The van der Waals surface area contributed by atoms with Crippen LogP contribution in [0.2, 0.25) is 5.02 Å². The summed E-state index contributed by atoms with van der Waals surface area (Å²) < 4.78 is 5.38. The minimum Gasteiger partial charge on any atom is -0.378 e. The van der Waals surface area contributed by atoms with Crippen molar-refractivity contribution in [3.63, 3.8) is 0 Å². The van der Waals surface area contributed by atoms with Crippen molar-refractivity contribution in [1.29, 1.82) is 0 Å². The van der Waals surface area contributed by atoms with Crippen LogP contribution >= 0.6 is 11.6 Å². The Bertz CT molecular complexity index is 486. The molecule has 1 aromatic carbocycles. The number of urea groups is 1. The predicted molar refractivity (Wildman–Crippen MR) is 86.4 cm³/mol. The van der Waals surface area contributed by atoms with Crippen molar-refractivity contribution in [3.05, 3.63) is 23.2 Å². The van der Waals surface area contributed by atoms with Crippen molar-refractivity contribution in [2.24, 2.45) is 0 Å². The van der Waals surface area contributed by atoms with Gasteiger partial charge < -0.3 is 19.9 Å². The molecule has 2 amide bonds. The Morgan fingerprint density at radius 2 is 2.00 bits per heavy atom. The zero-order chi connectivity index (χ0) is 15.2. The number of carbonyl (C=O) groups is 1. The Morgan fingerprint density at radius 3 is 2.62 bits per heavy atom. The average Bonchev–Trinajstić information content (AvgIpc) is 2.49. The van der Waals surface area contributed by atoms with Crippen LogP contribution in [0.15, 0.2) is 18.2 Å². The highest BCUT2D eigenvalue weighted by Gasteiger charge is 2.18. The van der Waals surface area contributed by atoms with E-state index in [4.69, 9.17) is 16.3 Å². The summed E-state index contributed by atoms with van der Waals surface area (Å²) in [6.07, 6.45) is 0. The van der Waals surface area contributed by atoms with Crippen molar-refractivity contribution in [2.45, 2.75) is 13.8 Å². The summed E-state index contributed by atoms with van der Waals surface area (Å²) in [5.41, 5.74) is 1.74. The molecule has 21 heavy (non-hydrogen) atoms. The molecule has 1 heterocycles. The third-order valence-corrected chi connectivity index (χ3v) is 3.84. The first-order valence-electron chi connectivity index (χ1n) is 7.33. The van der Waals surface area contributed by atoms with Gasteiger partial charge in [0.2, 0.25) is 0 Å². The first-order valence-corrected chi connectivity index (χ1v) is 7.71. The lowest BCUT2D eigenvalue weighted by molar-refractivity contribution is 0.123. The Hall–Kier alpha value is -1.46. The van der Waals surface area contributed by atoms with Crippen molar-refractivity contribution in [1.82, 2.24) is 4.90 Å². The molecular formula is C15H22ClN3O2. The van der Waals surface area contributed by atoms with E-state index in [0.717, 1.165) is 24.5 Å². The van der Waals surface area contributed by atoms with Crippen LogP contribution in [0.5, 0.6) is 0 Å². The summed E-state index contributed by atoms with van der Waals surface area (Å²) in [4.78, 5) is 16.2. The Balaban J connectivity index is 2.20. The van der Waals surface area contributed by atoms with Gasteiger partial charge in [0.1, 0.15) is 0 Å². The van der Waals surface area contributed by atoms with Crippen molar-refractivity contribution in [2.75, 3.05) is 49.6 Å². The quantitative estimate of drug-likeness (QED) is 0.929. The molecule has 5 nitrogen and oxygen atoms in total. The topological polar surface area (TPSA) is 44.8 Å². The summed E-state index contributed by atoms with van der Waals surface area (Å²) in [6.45, 7) is 8.31. The van der Waals surface area contributed by atoms with Crippen LogP contribution in [0, 0.1) is 0 Å². The molecule has 116 valence electrons. The van der Waals surface area contributed by atoms with Gasteiger partial charge in [0.05, 0.1) is 24.6 Å². The molecule has 2 rings (SSSR count). The summed E-state index contributed by atoms with van der Waals surface area (Å²) in [6, 6.07) is 5.50. The molecule has 6 heteroatoms. The van der Waals surface area contributed by atoms with Gasteiger partial charge in [-0.25, -0.2) is 4.79 Å². The summed E-state index contributed by atoms with van der Waals surface area (Å²) in [5, 5.41) is 3.58. The van der Waals surface area contributed by atoms with Crippen LogP contribution in [0.3, 0.4) is 0 Å². The molecule has 1 aromatic rings. The maximum Gasteiger partial charge on any atom is 0.321 e. The fourth-order valence-electron chi connectivity index (χ4n) is 2.39. The van der Waals surface area contributed by atoms with Crippen LogP contribution in [0.4, 0.5) is 16.2 Å². The van der Waals surface area contributed by atoms with Gasteiger partial charge in [-0.3, -0.25) is 0 Å². The van der Waals surface area contributed by atoms with E-state index in [1.165, 1.54) is 0 Å². The molecule has 0 spiro atoms. The number of nitrogens with zero attached hydrogens (tertiary/aromatic N) is 2. The minimum atomic E-state index is -0.100. The number of rotatable bonds is 4. The number of carbonyl (C=O) groups excluding carboxylic acids is 1. The maximum atomic E-state index is 12.2. The van der Waals surface area contributed by atoms with Gasteiger partial charge in [0.25, 0.3) is 0 Å². The smallest absolute Gasteiger partial charge is 0.321 e. The number of hydrogen-bond acceptors (Lipinski definition) is 3. The van der Waals surface area contributed by atoms with Crippen LogP contribution < -0.4 is 10.2 Å². The van der Waals surface area contributed by atoms with Crippen LogP contribution in [0.1, 0.15) is 13.8 Å². The molecule has 1 N–H and O–H groups in total. The van der Waals surface area contributed by atoms with E-state index in [1.807, 2.05) is 26.0 Å². The van der Waals surface area contributed by atoms with E-state index in [2.05, 4.69) is 10.2 Å². The number of benzene rings is 1. The highest BCUT2D eigenvalue weighted by atomic mass is 35.5. The van der Waals surface area contributed by atoms with Crippen molar-refractivity contribution >= 4 is 29.0 Å². The third kappa shape index (κ3) is 4.02. The van der Waals surface area contributed by atoms with Crippen LogP contribution in [-0.4, -0.2) is 50.3 Å². The largest absolute Gasteiger partial charge is 0.378 e. The minimum absolute atomic E-state index is 0.100. The van der Waals surface area contributed by atoms with Gasteiger partial charge in [-0.1, -0.05) is 11.6 Å². The molecule has 1 aliphatic rings. The number of nitrogens with one attached hydrogen (secondary N) is 1. The predicted octanol–water partition coefficient (Wildman–Crippen LogP) is 3.05. The molecule has 0 aromatic heterocycles. The molecule has 1 aliphatic heterocycles. The van der Waals surface area contributed by atoms with E-state index in [0.29, 0.717) is 31.3 Å². The van der Waals surface area contributed by atoms with E-state index in [1.54, 1.807) is 11.0 Å². The zero-order valence-corrected chi connectivity index (χ0v) is 13.3. The fraction of sp³-hybridized carbons (Fsp3) is 0.533. The lowest BCUT2D eigenvalue weighted by Crippen LogP contribution is -2.38. The zero-order valence-electron chi connectivity index (χ0n) is 12.6. The highest BCUT2D eigenvalue weighted by molar-refractivity contribution is 6.31. The average molecular weight is 312 g/mol. The maximum absolute atomic E-state index is 12.2. The van der Waals surface area contributed by atoms with E-state index in [-0.39, 0.29) is 6.03 Å². The fourth-order valence-corrected chi connectivity index (χ4v) is 2.57. The van der Waals surface area contributed by atoms with Gasteiger partial charge in [-0.05, 0) is 32.0 Å². The van der Waals surface area contributed by atoms with E-state index < -0.39 is 0 Å². The Labute approximate surface area is 130 Å². The summed E-state index contributed by atoms with van der Waals surface area (Å²) in [5.74, 6) is 0. The highest BCUT2D eigenvalue weighted by Crippen LogP contribution is 2.30. The Kier molecular flexibility index (Phi) is 5.70. The number of anilines is 2. The monoisotopic (exact) mass is 311 g/mol. The normalized spacial score (nSPS) is 14.9. The van der Waals surface area contributed by atoms with E-state index in [9.17, 15) is 4.79 Å². The molecular weight excluding hydrogens is 290 g/mol. The molecule has 0 radical (unpaired) electrons. The summed E-state index contributed by atoms with van der Waals surface area (Å²) >= 11 is 6.08. The van der Waals surface area contributed by atoms with Gasteiger partial charge in [0, 0.05) is 31.2 Å². The van der Waals surface area contributed by atoms with Gasteiger partial charge in [-0.15, -0.1) is 0 Å².